The largest absolute Gasteiger partial charge is 0.746 e. The van der Waals surface area contributed by atoms with Gasteiger partial charge in [0.05, 0.1) is 0 Å². The van der Waals surface area contributed by atoms with Crippen LogP contribution in [-0.4, -0.2) is 25.0 Å². The summed E-state index contributed by atoms with van der Waals surface area (Å²) < 4.78 is 38.2. The van der Waals surface area contributed by atoms with Gasteiger partial charge in [0.2, 0.25) is 0 Å². The molecule has 0 saturated heterocycles. The summed E-state index contributed by atoms with van der Waals surface area (Å²) >= 11 is 0. The lowest BCUT2D eigenvalue weighted by Crippen LogP contribution is -2.30. The third-order valence-electron chi connectivity index (χ3n) is 2.34. The molecule has 19 heavy (non-hydrogen) atoms. The molecule has 1 heterocycles. The molecule has 0 aliphatic heterocycles. The molecule has 1 rings (SSSR count). The number of ether oxygens (including phenoxy) is 1. The first-order valence-electron chi connectivity index (χ1n) is 6.46. The van der Waals surface area contributed by atoms with Gasteiger partial charge in [0, 0.05) is 18.7 Å². The predicted octanol–water partition coefficient (Wildman–Crippen LogP) is 1.69. The van der Waals surface area contributed by atoms with Crippen molar-refractivity contribution in [1.82, 2.24) is 0 Å². The smallest absolute Gasteiger partial charge is 0.168 e. The van der Waals surface area contributed by atoms with Crippen LogP contribution < -0.4 is 4.57 Å². The number of hydrogen-bond acceptors (Lipinski definition) is 4. The molecule has 1 aromatic rings. The monoisotopic (exact) mass is 289 g/mol. The van der Waals surface area contributed by atoms with Crippen molar-refractivity contribution < 1.29 is 22.3 Å². The van der Waals surface area contributed by atoms with Gasteiger partial charge in [0.1, 0.15) is 22.1 Å². The first-order chi connectivity index (χ1) is 8.95. The van der Waals surface area contributed by atoms with Crippen molar-refractivity contribution in [3.63, 3.8) is 0 Å². The SMILES string of the molecule is CCCC(OCC)S(=O)(=O)[O-].CC[n+]1ccccc1. The van der Waals surface area contributed by atoms with E-state index in [0.717, 1.165) is 6.54 Å². The molecule has 1 atom stereocenters. The summed E-state index contributed by atoms with van der Waals surface area (Å²) in [5.74, 6) is 0. The van der Waals surface area contributed by atoms with E-state index in [1.165, 1.54) is 0 Å². The Morgan fingerprint density at radius 3 is 2.05 bits per heavy atom. The highest BCUT2D eigenvalue weighted by Gasteiger charge is 2.13. The highest BCUT2D eigenvalue weighted by atomic mass is 32.2. The van der Waals surface area contributed by atoms with E-state index in [0.29, 0.717) is 6.42 Å². The molecular weight excluding hydrogens is 266 g/mol. The van der Waals surface area contributed by atoms with Crippen molar-refractivity contribution in [1.29, 1.82) is 0 Å². The standard InChI is InChI=1S/C7H10N.C6H14O4S/c1-2-8-6-4-3-5-7-8;1-3-5-6(10-4-2)11(7,8)9/h3-7H,2H2,1H3;6H,3-5H2,1-2H3,(H,7,8,9)/q+1;/p-1. The number of aromatic nitrogens is 1. The lowest BCUT2D eigenvalue weighted by Gasteiger charge is -2.19. The van der Waals surface area contributed by atoms with Crippen LogP contribution in [-0.2, 0) is 21.4 Å². The van der Waals surface area contributed by atoms with Crippen LogP contribution in [0.15, 0.2) is 30.6 Å². The van der Waals surface area contributed by atoms with Crippen LogP contribution in [0.25, 0.3) is 0 Å². The van der Waals surface area contributed by atoms with Crippen LogP contribution in [0.3, 0.4) is 0 Å². The van der Waals surface area contributed by atoms with E-state index in [2.05, 4.69) is 23.9 Å². The van der Waals surface area contributed by atoms with Crippen LogP contribution in [0, 0.1) is 0 Å². The fourth-order valence-corrected chi connectivity index (χ4v) is 2.20. The van der Waals surface area contributed by atoms with E-state index in [4.69, 9.17) is 4.74 Å². The third kappa shape index (κ3) is 8.69. The fraction of sp³-hybridized carbons (Fsp3) is 0.615. The average Bonchev–Trinajstić information content (AvgIpc) is 2.39. The predicted molar refractivity (Wildman–Crippen MR) is 72.3 cm³/mol. The van der Waals surface area contributed by atoms with Crippen molar-refractivity contribution in [3.8, 4) is 0 Å². The van der Waals surface area contributed by atoms with E-state index in [1.807, 2.05) is 18.2 Å². The average molecular weight is 289 g/mol. The van der Waals surface area contributed by atoms with Crippen LogP contribution in [0.4, 0.5) is 0 Å². The minimum absolute atomic E-state index is 0.256. The molecule has 0 spiro atoms. The second kappa shape index (κ2) is 9.89. The van der Waals surface area contributed by atoms with Crippen molar-refractivity contribution in [2.45, 2.75) is 45.6 Å². The van der Waals surface area contributed by atoms with E-state index in [9.17, 15) is 13.0 Å². The minimum Gasteiger partial charge on any atom is -0.746 e. The molecule has 1 aromatic heterocycles. The third-order valence-corrected chi connectivity index (χ3v) is 3.36. The zero-order valence-electron chi connectivity index (χ0n) is 11.8. The molecule has 110 valence electrons. The summed E-state index contributed by atoms with van der Waals surface area (Å²) in [6.07, 6.45) is 5.02. The maximum atomic E-state index is 10.4. The van der Waals surface area contributed by atoms with E-state index in [-0.39, 0.29) is 13.0 Å². The van der Waals surface area contributed by atoms with Crippen LogP contribution in [0.2, 0.25) is 0 Å². The normalized spacial score (nSPS) is 12.4. The molecule has 0 aliphatic carbocycles. The quantitative estimate of drug-likeness (QED) is 0.590. The van der Waals surface area contributed by atoms with Crippen molar-refractivity contribution in [3.05, 3.63) is 30.6 Å². The molecule has 0 saturated carbocycles. The molecule has 0 radical (unpaired) electrons. The lowest BCUT2D eigenvalue weighted by atomic mass is 10.4. The second-order valence-corrected chi connectivity index (χ2v) is 5.38. The Morgan fingerprint density at radius 1 is 1.16 bits per heavy atom. The Labute approximate surface area is 116 Å². The summed E-state index contributed by atoms with van der Waals surface area (Å²) in [6, 6.07) is 6.08. The van der Waals surface area contributed by atoms with Crippen LogP contribution in [0.5, 0.6) is 0 Å². The van der Waals surface area contributed by atoms with E-state index >= 15 is 0 Å². The van der Waals surface area contributed by atoms with Gasteiger partial charge >= 0.3 is 0 Å². The Morgan fingerprint density at radius 2 is 1.74 bits per heavy atom. The maximum Gasteiger partial charge on any atom is 0.168 e. The number of rotatable bonds is 6. The molecule has 0 N–H and O–H groups in total. The van der Waals surface area contributed by atoms with Crippen LogP contribution >= 0.6 is 0 Å². The minimum atomic E-state index is -4.26. The highest BCUT2D eigenvalue weighted by Crippen LogP contribution is 2.07. The maximum absolute atomic E-state index is 10.4. The Balaban J connectivity index is 0.000000356. The van der Waals surface area contributed by atoms with Crippen molar-refractivity contribution in [2.75, 3.05) is 6.61 Å². The summed E-state index contributed by atoms with van der Waals surface area (Å²) in [4.78, 5) is 0. The van der Waals surface area contributed by atoms with Crippen molar-refractivity contribution in [2.24, 2.45) is 0 Å². The van der Waals surface area contributed by atoms with Crippen molar-refractivity contribution >= 4 is 10.1 Å². The van der Waals surface area contributed by atoms with Gasteiger partial charge in [-0.3, -0.25) is 0 Å². The fourth-order valence-electron chi connectivity index (χ4n) is 1.38. The molecule has 0 aromatic carbocycles. The Hall–Kier alpha value is -0.980. The van der Waals surface area contributed by atoms with Crippen LogP contribution in [0.1, 0.15) is 33.6 Å². The van der Waals surface area contributed by atoms with Gasteiger partial charge in [0.15, 0.2) is 12.4 Å². The zero-order chi connectivity index (χ0) is 14.7. The first-order valence-corrected chi connectivity index (χ1v) is 7.93. The van der Waals surface area contributed by atoms with Gasteiger partial charge in [0.25, 0.3) is 0 Å². The molecular formula is C13H23NO4S. The van der Waals surface area contributed by atoms with Gasteiger partial charge < -0.3 is 9.29 Å². The second-order valence-electron chi connectivity index (χ2n) is 3.87. The molecule has 0 amide bonds. The summed E-state index contributed by atoms with van der Waals surface area (Å²) in [6.45, 7) is 6.90. The van der Waals surface area contributed by atoms with Gasteiger partial charge in [-0.1, -0.05) is 19.4 Å². The highest BCUT2D eigenvalue weighted by molar-refractivity contribution is 7.86. The summed E-state index contributed by atoms with van der Waals surface area (Å²) in [5.41, 5.74) is -1.16. The van der Waals surface area contributed by atoms with Gasteiger partial charge in [-0.2, -0.15) is 0 Å². The topological polar surface area (TPSA) is 70.3 Å². The van der Waals surface area contributed by atoms with E-state index < -0.39 is 15.6 Å². The number of pyridine rings is 1. The van der Waals surface area contributed by atoms with E-state index in [1.54, 1.807) is 13.8 Å². The van der Waals surface area contributed by atoms with Gasteiger partial charge in [-0.15, -0.1) is 0 Å². The first kappa shape index (κ1) is 18.0. The Bertz CT molecular complexity index is 414. The molecule has 5 nitrogen and oxygen atoms in total. The zero-order valence-corrected chi connectivity index (χ0v) is 12.6. The molecule has 6 heteroatoms. The molecule has 1 unspecified atom stereocenters. The van der Waals surface area contributed by atoms with Gasteiger partial charge in [-0.25, -0.2) is 13.0 Å². The molecule has 0 fully saturated rings. The lowest BCUT2D eigenvalue weighted by molar-refractivity contribution is -0.693. The number of aryl methyl sites for hydroxylation is 1. The number of nitrogens with zero attached hydrogens (tertiary/aromatic N) is 1. The summed E-state index contributed by atoms with van der Waals surface area (Å²) in [7, 11) is -4.26. The molecule has 0 bridgehead atoms. The van der Waals surface area contributed by atoms with Gasteiger partial charge in [-0.05, 0) is 20.3 Å². The Kier molecular flexibility index (Phi) is 9.38. The molecule has 0 aliphatic rings. The summed E-state index contributed by atoms with van der Waals surface area (Å²) in [5, 5.41) is 0. The number of hydrogen-bond donors (Lipinski definition) is 0.